The first kappa shape index (κ1) is 8.22. The Morgan fingerprint density at radius 3 is 2.50 bits per heavy atom. The zero-order chi connectivity index (χ0) is 6.24. The van der Waals surface area contributed by atoms with Crippen LogP contribution in [-0.2, 0) is 0 Å². The molecule has 0 radical (unpaired) electrons. The molecule has 1 nitrogen and oxygen atoms in total. The summed E-state index contributed by atoms with van der Waals surface area (Å²) in [6.07, 6.45) is 4.30. The number of alkyl halides is 1. The first-order chi connectivity index (χ1) is 3.91. The SMILES string of the molecule is N#CCCCCCI. The summed E-state index contributed by atoms with van der Waals surface area (Å²) < 4.78 is 1.23. The van der Waals surface area contributed by atoms with Gasteiger partial charge in [0, 0.05) is 6.42 Å². The maximum absolute atomic E-state index is 8.11. The van der Waals surface area contributed by atoms with Crippen molar-refractivity contribution >= 4 is 22.6 Å². The second kappa shape index (κ2) is 7.22. The maximum atomic E-state index is 8.11. The third-order valence-corrected chi connectivity index (χ3v) is 1.69. The van der Waals surface area contributed by atoms with E-state index in [-0.39, 0.29) is 0 Å². The lowest BCUT2D eigenvalue weighted by molar-refractivity contribution is 0.744. The molecule has 2 heteroatoms. The van der Waals surface area contributed by atoms with Gasteiger partial charge in [0.1, 0.15) is 0 Å². The molecule has 0 aromatic heterocycles. The van der Waals surface area contributed by atoms with Crippen molar-refractivity contribution in [1.82, 2.24) is 0 Å². The molecule has 0 aliphatic heterocycles. The Morgan fingerprint density at radius 1 is 1.25 bits per heavy atom. The van der Waals surface area contributed by atoms with Gasteiger partial charge < -0.3 is 0 Å². The van der Waals surface area contributed by atoms with Crippen LogP contribution >= 0.6 is 22.6 Å². The van der Waals surface area contributed by atoms with E-state index in [1.807, 2.05) is 0 Å². The average Bonchev–Trinajstić information content (AvgIpc) is 1.81. The van der Waals surface area contributed by atoms with Crippen LogP contribution in [0.3, 0.4) is 0 Å². The van der Waals surface area contributed by atoms with E-state index in [0.717, 1.165) is 12.8 Å². The first-order valence-electron chi connectivity index (χ1n) is 2.84. The Hall–Kier alpha value is 0.220. The lowest BCUT2D eigenvalue weighted by atomic mass is 10.2. The molecule has 0 atom stereocenters. The van der Waals surface area contributed by atoms with Crippen LogP contribution in [0.4, 0.5) is 0 Å². The Bertz CT molecular complexity index is 75.1. The molecule has 0 saturated heterocycles. The van der Waals surface area contributed by atoms with Crippen LogP contribution in [0.2, 0.25) is 0 Å². The summed E-state index contributed by atoms with van der Waals surface area (Å²) in [5.41, 5.74) is 0. The van der Waals surface area contributed by atoms with Crippen LogP contribution in [0.1, 0.15) is 25.7 Å². The molecule has 0 amide bonds. The van der Waals surface area contributed by atoms with Crippen LogP contribution in [0, 0.1) is 11.3 Å². The molecule has 0 heterocycles. The fourth-order valence-corrected chi connectivity index (χ4v) is 1.01. The van der Waals surface area contributed by atoms with Crippen molar-refractivity contribution in [3.63, 3.8) is 0 Å². The van der Waals surface area contributed by atoms with Crippen molar-refractivity contribution < 1.29 is 0 Å². The van der Waals surface area contributed by atoms with E-state index in [1.54, 1.807) is 0 Å². The normalized spacial score (nSPS) is 8.50. The molecule has 0 aromatic carbocycles. The lowest BCUT2D eigenvalue weighted by Crippen LogP contribution is -1.74. The van der Waals surface area contributed by atoms with E-state index in [4.69, 9.17) is 5.26 Å². The standard InChI is InChI=1S/C6H10IN/c7-5-3-1-2-4-6-8/h1-5H2. The van der Waals surface area contributed by atoms with Gasteiger partial charge in [0.05, 0.1) is 6.07 Å². The molecule has 8 heavy (non-hydrogen) atoms. The molecule has 0 aromatic rings. The zero-order valence-corrected chi connectivity index (χ0v) is 7.02. The van der Waals surface area contributed by atoms with E-state index < -0.39 is 0 Å². The third kappa shape index (κ3) is 6.22. The number of rotatable bonds is 4. The molecule has 0 unspecified atom stereocenters. The maximum Gasteiger partial charge on any atom is 0.0621 e. The molecule has 0 aliphatic rings. The van der Waals surface area contributed by atoms with Crippen LogP contribution in [-0.4, -0.2) is 4.43 Å². The molecule has 0 bridgehead atoms. The van der Waals surface area contributed by atoms with Gasteiger partial charge in [-0.3, -0.25) is 0 Å². The van der Waals surface area contributed by atoms with Gasteiger partial charge in [-0.15, -0.1) is 0 Å². The largest absolute Gasteiger partial charge is 0.198 e. The van der Waals surface area contributed by atoms with Gasteiger partial charge in [0.2, 0.25) is 0 Å². The van der Waals surface area contributed by atoms with E-state index in [2.05, 4.69) is 28.7 Å². The monoisotopic (exact) mass is 223 g/mol. The predicted octanol–water partition coefficient (Wildman–Crippen LogP) is 2.51. The summed E-state index contributed by atoms with van der Waals surface area (Å²) in [5, 5.41) is 8.11. The summed E-state index contributed by atoms with van der Waals surface area (Å²) in [7, 11) is 0. The third-order valence-electron chi connectivity index (χ3n) is 0.922. The minimum absolute atomic E-state index is 0.733. The van der Waals surface area contributed by atoms with Crippen molar-refractivity contribution in [3.05, 3.63) is 0 Å². The summed E-state index contributed by atoms with van der Waals surface area (Å²) in [4.78, 5) is 0. The Morgan fingerprint density at radius 2 is 2.00 bits per heavy atom. The smallest absolute Gasteiger partial charge is 0.0621 e. The summed E-state index contributed by atoms with van der Waals surface area (Å²) >= 11 is 2.36. The van der Waals surface area contributed by atoms with E-state index >= 15 is 0 Å². The molecule has 46 valence electrons. The van der Waals surface area contributed by atoms with Gasteiger partial charge >= 0.3 is 0 Å². The van der Waals surface area contributed by atoms with Gasteiger partial charge in [-0.2, -0.15) is 5.26 Å². The van der Waals surface area contributed by atoms with E-state index in [0.29, 0.717) is 0 Å². The second-order valence-electron chi connectivity index (χ2n) is 1.66. The number of hydrogen-bond donors (Lipinski definition) is 0. The molecule has 0 fully saturated rings. The van der Waals surface area contributed by atoms with E-state index in [9.17, 15) is 0 Å². The summed E-state index contributed by atoms with van der Waals surface area (Å²) in [5.74, 6) is 0. The van der Waals surface area contributed by atoms with Gasteiger partial charge in [0.15, 0.2) is 0 Å². The molecule has 0 saturated carbocycles. The van der Waals surface area contributed by atoms with Crippen molar-refractivity contribution in [2.45, 2.75) is 25.7 Å². The minimum atomic E-state index is 0.733. The predicted molar refractivity (Wildman–Crippen MR) is 43.0 cm³/mol. The molecule has 0 spiro atoms. The van der Waals surface area contributed by atoms with Crippen LogP contribution in [0.25, 0.3) is 0 Å². The van der Waals surface area contributed by atoms with Gasteiger partial charge in [-0.05, 0) is 17.3 Å². The molecular formula is C6H10IN. The highest BCUT2D eigenvalue weighted by atomic mass is 127. The topological polar surface area (TPSA) is 23.8 Å². The Labute approximate surface area is 64.2 Å². The Balaban J connectivity index is 2.65. The zero-order valence-electron chi connectivity index (χ0n) is 4.86. The fraction of sp³-hybridized carbons (Fsp3) is 0.833. The number of nitriles is 1. The highest BCUT2D eigenvalue weighted by molar-refractivity contribution is 14.1. The van der Waals surface area contributed by atoms with Crippen LogP contribution < -0.4 is 0 Å². The van der Waals surface area contributed by atoms with Gasteiger partial charge in [-0.1, -0.05) is 29.0 Å². The Kier molecular flexibility index (Phi) is 7.42. The van der Waals surface area contributed by atoms with Crippen LogP contribution in [0.15, 0.2) is 0 Å². The average molecular weight is 223 g/mol. The highest BCUT2D eigenvalue weighted by Crippen LogP contribution is 2.00. The fourth-order valence-electron chi connectivity index (χ4n) is 0.475. The molecular weight excluding hydrogens is 213 g/mol. The van der Waals surface area contributed by atoms with Crippen molar-refractivity contribution in [2.75, 3.05) is 4.43 Å². The number of halogens is 1. The molecule has 0 rings (SSSR count). The number of nitrogens with zero attached hydrogens (tertiary/aromatic N) is 1. The quantitative estimate of drug-likeness (QED) is 0.408. The van der Waals surface area contributed by atoms with Gasteiger partial charge in [0.25, 0.3) is 0 Å². The number of hydrogen-bond acceptors (Lipinski definition) is 1. The lowest BCUT2D eigenvalue weighted by Gasteiger charge is -1.88. The van der Waals surface area contributed by atoms with E-state index in [1.165, 1.54) is 17.3 Å². The van der Waals surface area contributed by atoms with Gasteiger partial charge in [-0.25, -0.2) is 0 Å². The first-order valence-corrected chi connectivity index (χ1v) is 4.37. The molecule has 0 N–H and O–H groups in total. The molecule has 0 aliphatic carbocycles. The number of unbranched alkanes of at least 4 members (excludes halogenated alkanes) is 3. The van der Waals surface area contributed by atoms with Crippen LogP contribution in [0.5, 0.6) is 0 Å². The van der Waals surface area contributed by atoms with Crippen molar-refractivity contribution in [2.24, 2.45) is 0 Å². The summed E-state index contributed by atoms with van der Waals surface area (Å²) in [6, 6.07) is 2.12. The second-order valence-corrected chi connectivity index (χ2v) is 2.74. The van der Waals surface area contributed by atoms with Crippen molar-refractivity contribution in [1.29, 1.82) is 5.26 Å². The van der Waals surface area contributed by atoms with Crippen molar-refractivity contribution in [3.8, 4) is 6.07 Å². The summed E-state index contributed by atoms with van der Waals surface area (Å²) in [6.45, 7) is 0. The highest BCUT2D eigenvalue weighted by Gasteiger charge is 1.83. The minimum Gasteiger partial charge on any atom is -0.198 e.